The molecule has 0 heterocycles. The van der Waals surface area contributed by atoms with Crippen LogP contribution in [0.3, 0.4) is 0 Å². The second-order valence-electron chi connectivity index (χ2n) is 2.92. The van der Waals surface area contributed by atoms with Crippen molar-refractivity contribution >= 4 is 5.91 Å². The number of carbonyl (C=O) groups is 1. The Morgan fingerprint density at radius 1 is 1.64 bits per heavy atom. The van der Waals surface area contributed by atoms with Crippen molar-refractivity contribution in [3.05, 3.63) is 10.1 Å². The highest BCUT2D eigenvalue weighted by Crippen LogP contribution is 2.01. The maximum Gasteiger partial charge on any atom is 0.294 e. The summed E-state index contributed by atoms with van der Waals surface area (Å²) < 4.78 is 0. The van der Waals surface area contributed by atoms with E-state index in [0.717, 1.165) is 0 Å². The normalized spacial score (nSPS) is 14.2. The van der Waals surface area contributed by atoms with E-state index < -0.39 is 17.4 Å². The van der Waals surface area contributed by atoms with Crippen molar-refractivity contribution in [3.8, 4) is 0 Å². The zero-order valence-corrected chi connectivity index (χ0v) is 8.10. The Balaban J connectivity index is 3.61. The van der Waals surface area contributed by atoms with Crippen LogP contribution >= 0.6 is 0 Å². The lowest BCUT2D eigenvalue weighted by Gasteiger charge is -2.10. The third kappa shape index (κ3) is 7.29. The molecule has 7 nitrogen and oxygen atoms in total. The Bertz CT molecular complexity index is 206. The minimum Gasteiger partial charge on any atom is -0.374 e. The largest absolute Gasteiger partial charge is 0.374 e. The lowest BCUT2D eigenvalue weighted by Crippen LogP contribution is -2.32. The Labute approximate surface area is 81.2 Å². The molecule has 0 aromatic rings. The maximum atomic E-state index is 10.9. The molecule has 0 aliphatic carbocycles. The Morgan fingerprint density at radius 2 is 2.21 bits per heavy atom. The number of aliphatic hydroxyl groups excluding tert-OH is 1. The van der Waals surface area contributed by atoms with Crippen molar-refractivity contribution < 1.29 is 19.8 Å². The molecule has 2 N–H and O–H groups in total. The lowest BCUT2D eigenvalue weighted by molar-refractivity contribution is -0.767. The molecule has 0 saturated heterocycles. The van der Waals surface area contributed by atoms with Gasteiger partial charge in [-0.05, 0) is 20.3 Å². The SMILES string of the molecule is CC(O)NC(=O)CCC(C)O[N+](=O)[O-]. The highest BCUT2D eigenvalue weighted by Gasteiger charge is 2.10. The number of rotatable bonds is 6. The topological polar surface area (TPSA) is 102 Å². The molecule has 14 heavy (non-hydrogen) atoms. The van der Waals surface area contributed by atoms with Crippen LogP contribution in [0.2, 0.25) is 0 Å². The molecule has 0 fully saturated rings. The highest BCUT2D eigenvalue weighted by atomic mass is 17.0. The fourth-order valence-corrected chi connectivity index (χ4v) is 0.839. The van der Waals surface area contributed by atoms with E-state index in [0.29, 0.717) is 0 Å². The standard InChI is InChI=1S/C7H14N2O5/c1-5(14-9(12)13)3-4-7(11)8-6(2)10/h5-6,10H,3-4H2,1-2H3,(H,8,11). The number of aliphatic hydroxyl groups is 1. The van der Waals surface area contributed by atoms with Gasteiger partial charge in [-0.15, -0.1) is 10.1 Å². The van der Waals surface area contributed by atoms with Crippen molar-refractivity contribution in [2.24, 2.45) is 0 Å². The fourth-order valence-electron chi connectivity index (χ4n) is 0.839. The molecule has 0 radical (unpaired) electrons. The van der Waals surface area contributed by atoms with Crippen LogP contribution < -0.4 is 5.32 Å². The van der Waals surface area contributed by atoms with Gasteiger partial charge in [0.15, 0.2) is 0 Å². The van der Waals surface area contributed by atoms with Crippen molar-refractivity contribution in [1.82, 2.24) is 5.32 Å². The van der Waals surface area contributed by atoms with Gasteiger partial charge in [0.25, 0.3) is 5.09 Å². The first-order chi connectivity index (χ1) is 6.41. The van der Waals surface area contributed by atoms with Gasteiger partial charge in [0.05, 0.1) is 0 Å². The van der Waals surface area contributed by atoms with Crippen LogP contribution in [-0.4, -0.2) is 28.4 Å². The molecular weight excluding hydrogens is 192 g/mol. The van der Waals surface area contributed by atoms with E-state index in [4.69, 9.17) is 5.11 Å². The number of hydrogen-bond donors (Lipinski definition) is 2. The van der Waals surface area contributed by atoms with Gasteiger partial charge in [-0.2, -0.15) is 0 Å². The number of amides is 1. The summed E-state index contributed by atoms with van der Waals surface area (Å²) in [5, 5.41) is 20.0. The van der Waals surface area contributed by atoms with E-state index in [1.165, 1.54) is 13.8 Å². The van der Waals surface area contributed by atoms with Gasteiger partial charge in [0.2, 0.25) is 5.91 Å². The van der Waals surface area contributed by atoms with Gasteiger partial charge < -0.3 is 15.3 Å². The Hall–Kier alpha value is -1.37. The average Bonchev–Trinajstić information content (AvgIpc) is 1.98. The van der Waals surface area contributed by atoms with E-state index in [2.05, 4.69) is 10.2 Å². The summed E-state index contributed by atoms with van der Waals surface area (Å²) >= 11 is 0. The van der Waals surface area contributed by atoms with Gasteiger partial charge in [-0.3, -0.25) is 4.79 Å². The Kier molecular flexibility index (Phi) is 5.54. The lowest BCUT2D eigenvalue weighted by atomic mass is 10.2. The molecule has 0 aliphatic rings. The highest BCUT2D eigenvalue weighted by molar-refractivity contribution is 5.75. The summed E-state index contributed by atoms with van der Waals surface area (Å²) in [6.07, 6.45) is -1.21. The molecule has 82 valence electrons. The van der Waals surface area contributed by atoms with Crippen LogP contribution in [0, 0.1) is 10.1 Å². The molecule has 0 aromatic carbocycles. The van der Waals surface area contributed by atoms with Gasteiger partial charge >= 0.3 is 0 Å². The smallest absolute Gasteiger partial charge is 0.294 e. The first kappa shape index (κ1) is 12.6. The molecule has 2 unspecified atom stereocenters. The van der Waals surface area contributed by atoms with Gasteiger partial charge in [-0.1, -0.05) is 0 Å². The molecule has 2 atom stereocenters. The molecule has 0 bridgehead atoms. The Morgan fingerprint density at radius 3 is 2.64 bits per heavy atom. The van der Waals surface area contributed by atoms with E-state index in [1.54, 1.807) is 0 Å². The molecule has 0 aliphatic heterocycles. The average molecular weight is 206 g/mol. The van der Waals surface area contributed by atoms with E-state index in [9.17, 15) is 14.9 Å². The molecule has 0 rings (SSSR count). The zero-order valence-electron chi connectivity index (χ0n) is 8.10. The first-order valence-corrected chi connectivity index (χ1v) is 4.20. The number of nitrogens with zero attached hydrogens (tertiary/aromatic N) is 1. The van der Waals surface area contributed by atoms with E-state index in [1.807, 2.05) is 0 Å². The summed E-state index contributed by atoms with van der Waals surface area (Å²) in [6, 6.07) is 0. The summed E-state index contributed by atoms with van der Waals surface area (Å²) in [7, 11) is 0. The van der Waals surface area contributed by atoms with E-state index in [-0.39, 0.29) is 18.7 Å². The van der Waals surface area contributed by atoms with Crippen molar-refractivity contribution in [1.29, 1.82) is 0 Å². The molecular formula is C7H14N2O5. The predicted molar refractivity (Wildman–Crippen MR) is 46.6 cm³/mol. The summed E-state index contributed by atoms with van der Waals surface area (Å²) in [5.74, 6) is -0.362. The van der Waals surface area contributed by atoms with Crippen molar-refractivity contribution in [3.63, 3.8) is 0 Å². The van der Waals surface area contributed by atoms with E-state index >= 15 is 0 Å². The van der Waals surface area contributed by atoms with Crippen LogP contribution in [0.1, 0.15) is 26.7 Å². The second kappa shape index (κ2) is 6.14. The molecule has 0 aromatic heterocycles. The van der Waals surface area contributed by atoms with Crippen LogP contribution in [0.15, 0.2) is 0 Å². The summed E-state index contributed by atoms with van der Waals surface area (Å²) in [4.78, 5) is 25.0. The fraction of sp³-hybridized carbons (Fsp3) is 0.857. The number of hydrogen-bond acceptors (Lipinski definition) is 5. The predicted octanol–water partition coefficient (Wildman–Crippen LogP) is -0.182. The molecule has 0 spiro atoms. The van der Waals surface area contributed by atoms with Crippen molar-refractivity contribution in [2.45, 2.75) is 39.0 Å². The minimum atomic E-state index is -0.908. The van der Waals surface area contributed by atoms with Crippen LogP contribution in [0.25, 0.3) is 0 Å². The number of carbonyl (C=O) groups excluding carboxylic acids is 1. The van der Waals surface area contributed by atoms with Gasteiger partial charge in [0.1, 0.15) is 12.3 Å². The van der Waals surface area contributed by atoms with Gasteiger partial charge in [-0.25, -0.2) is 0 Å². The van der Waals surface area contributed by atoms with Crippen molar-refractivity contribution in [2.75, 3.05) is 0 Å². The molecule has 1 amide bonds. The third-order valence-electron chi connectivity index (χ3n) is 1.41. The summed E-state index contributed by atoms with van der Waals surface area (Å²) in [6.45, 7) is 2.91. The third-order valence-corrected chi connectivity index (χ3v) is 1.41. The molecule has 7 heteroatoms. The zero-order chi connectivity index (χ0) is 11.1. The van der Waals surface area contributed by atoms with Gasteiger partial charge in [0, 0.05) is 6.42 Å². The minimum absolute atomic E-state index is 0.0832. The first-order valence-electron chi connectivity index (χ1n) is 4.20. The quantitative estimate of drug-likeness (QED) is 0.356. The maximum absolute atomic E-state index is 10.9. The monoisotopic (exact) mass is 206 g/mol. The second-order valence-corrected chi connectivity index (χ2v) is 2.92. The van der Waals surface area contributed by atoms with Crippen LogP contribution in [0.4, 0.5) is 0 Å². The van der Waals surface area contributed by atoms with Crippen LogP contribution in [0.5, 0.6) is 0 Å². The summed E-state index contributed by atoms with van der Waals surface area (Å²) in [5.41, 5.74) is 0. The number of nitrogens with one attached hydrogen (secondary N) is 1. The van der Waals surface area contributed by atoms with Crippen LogP contribution in [-0.2, 0) is 9.63 Å². The molecule has 0 saturated carbocycles.